The van der Waals surface area contributed by atoms with E-state index in [1.165, 1.54) is 6.07 Å². The Balaban J connectivity index is 1.42. The fourth-order valence-electron chi connectivity index (χ4n) is 3.97. The van der Waals surface area contributed by atoms with E-state index in [1.54, 1.807) is 54.3 Å². The highest BCUT2D eigenvalue weighted by Gasteiger charge is 2.42. The van der Waals surface area contributed by atoms with Gasteiger partial charge in [-0.15, -0.1) is 0 Å². The van der Waals surface area contributed by atoms with Crippen LogP contribution in [0, 0.1) is 5.82 Å². The first-order valence-corrected chi connectivity index (χ1v) is 9.62. The summed E-state index contributed by atoms with van der Waals surface area (Å²) in [6, 6.07) is 12.9. The van der Waals surface area contributed by atoms with E-state index >= 15 is 0 Å². The average molecular weight is 382 g/mol. The van der Waals surface area contributed by atoms with Crippen molar-refractivity contribution >= 4 is 11.8 Å². The molecule has 2 aromatic carbocycles. The van der Waals surface area contributed by atoms with Crippen LogP contribution >= 0.6 is 0 Å². The average Bonchev–Trinajstić information content (AvgIpc) is 3.19. The molecule has 0 bridgehead atoms. The Kier molecular flexibility index (Phi) is 5.03. The molecule has 2 aliphatic rings. The fourth-order valence-corrected chi connectivity index (χ4v) is 3.97. The molecular weight excluding hydrogens is 359 g/mol. The number of rotatable bonds is 4. The van der Waals surface area contributed by atoms with E-state index in [0.717, 1.165) is 19.4 Å². The highest BCUT2D eigenvalue weighted by atomic mass is 19.1. The predicted molar refractivity (Wildman–Crippen MR) is 102 cm³/mol. The van der Waals surface area contributed by atoms with Crippen LogP contribution in [0.15, 0.2) is 48.5 Å². The van der Waals surface area contributed by atoms with Crippen molar-refractivity contribution in [2.24, 2.45) is 0 Å². The lowest BCUT2D eigenvalue weighted by Crippen LogP contribution is -2.60. The standard InChI is InChI=1S/C22H23FN2O3/c1-15-21(26)24-12-4-6-18(24)13-25(15)22(27)16-8-10-19(11-9-16)28-14-17-5-2-3-7-20(17)23/h2-3,5,7-11,15,18H,4,6,12-14H2,1H3/t15-,18+/m0/s1. The van der Waals surface area contributed by atoms with Crippen LogP contribution in [0.1, 0.15) is 35.7 Å². The third-order valence-corrected chi connectivity index (χ3v) is 5.61. The Morgan fingerprint density at radius 2 is 1.93 bits per heavy atom. The number of amides is 2. The van der Waals surface area contributed by atoms with Crippen LogP contribution in [0.5, 0.6) is 5.75 Å². The van der Waals surface area contributed by atoms with Crippen molar-refractivity contribution in [3.63, 3.8) is 0 Å². The van der Waals surface area contributed by atoms with Gasteiger partial charge in [0.1, 0.15) is 24.2 Å². The van der Waals surface area contributed by atoms with Gasteiger partial charge in [0.15, 0.2) is 0 Å². The van der Waals surface area contributed by atoms with E-state index in [1.807, 2.05) is 4.90 Å². The Hall–Kier alpha value is -2.89. The van der Waals surface area contributed by atoms with Crippen molar-refractivity contribution in [3.05, 3.63) is 65.5 Å². The maximum absolute atomic E-state index is 13.7. The van der Waals surface area contributed by atoms with Crippen molar-refractivity contribution in [3.8, 4) is 5.75 Å². The van der Waals surface area contributed by atoms with Gasteiger partial charge in [0.05, 0.1) is 0 Å². The van der Waals surface area contributed by atoms with E-state index in [2.05, 4.69) is 0 Å². The summed E-state index contributed by atoms with van der Waals surface area (Å²) in [6.07, 6.45) is 1.95. The number of hydrogen-bond acceptors (Lipinski definition) is 3. The number of halogens is 1. The van der Waals surface area contributed by atoms with E-state index in [0.29, 0.717) is 23.4 Å². The van der Waals surface area contributed by atoms with Gasteiger partial charge in [-0.05, 0) is 50.1 Å². The highest BCUT2D eigenvalue weighted by Crippen LogP contribution is 2.27. The SMILES string of the molecule is C[C@H]1C(=O)N2CCC[C@@H]2CN1C(=O)c1ccc(OCc2ccccc2F)cc1. The zero-order valence-corrected chi connectivity index (χ0v) is 15.8. The minimum atomic E-state index is -0.446. The zero-order chi connectivity index (χ0) is 19.7. The molecule has 2 heterocycles. The smallest absolute Gasteiger partial charge is 0.254 e. The van der Waals surface area contributed by atoms with Crippen LogP contribution in [-0.4, -0.2) is 46.8 Å². The largest absolute Gasteiger partial charge is 0.489 e. The number of benzene rings is 2. The Morgan fingerprint density at radius 3 is 2.68 bits per heavy atom. The number of carbonyl (C=O) groups is 2. The summed E-state index contributed by atoms with van der Waals surface area (Å²) in [6.45, 7) is 3.29. The van der Waals surface area contributed by atoms with E-state index in [4.69, 9.17) is 4.74 Å². The second kappa shape index (κ2) is 7.62. The number of ether oxygens (including phenoxy) is 1. The van der Waals surface area contributed by atoms with Crippen molar-refractivity contribution in [1.82, 2.24) is 9.80 Å². The Morgan fingerprint density at radius 1 is 1.18 bits per heavy atom. The molecule has 2 amide bonds. The molecular formula is C22H23FN2O3. The van der Waals surface area contributed by atoms with Crippen LogP contribution in [-0.2, 0) is 11.4 Å². The minimum absolute atomic E-state index is 0.0342. The Bertz CT molecular complexity index is 884. The van der Waals surface area contributed by atoms with Crippen LogP contribution in [0.25, 0.3) is 0 Å². The molecule has 0 unspecified atom stereocenters. The van der Waals surface area contributed by atoms with Crippen molar-refractivity contribution in [1.29, 1.82) is 0 Å². The topological polar surface area (TPSA) is 49.9 Å². The molecule has 2 fully saturated rings. The minimum Gasteiger partial charge on any atom is -0.489 e. The van der Waals surface area contributed by atoms with Gasteiger partial charge in [0, 0.05) is 30.3 Å². The van der Waals surface area contributed by atoms with E-state index < -0.39 is 6.04 Å². The van der Waals surface area contributed by atoms with Gasteiger partial charge in [0.2, 0.25) is 5.91 Å². The number of piperazine rings is 1. The summed E-state index contributed by atoms with van der Waals surface area (Å²) >= 11 is 0. The lowest BCUT2D eigenvalue weighted by Gasteiger charge is -2.41. The van der Waals surface area contributed by atoms with Crippen LogP contribution in [0.3, 0.4) is 0 Å². The first-order valence-electron chi connectivity index (χ1n) is 9.62. The van der Waals surface area contributed by atoms with E-state index in [9.17, 15) is 14.0 Å². The number of hydrogen-bond donors (Lipinski definition) is 0. The molecule has 0 saturated carbocycles. The molecule has 0 N–H and O–H groups in total. The molecule has 0 spiro atoms. The maximum Gasteiger partial charge on any atom is 0.254 e. The lowest BCUT2D eigenvalue weighted by atomic mass is 10.1. The quantitative estimate of drug-likeness (QED) is 0.816. The number of carbonyl (C=O) groups excluding carboxylic acids is 2. The van der Waals surface area contributed by atoms with Crippen LogP contribution < -0.4 is 4.74 Å². The summed E-state index contributed by atoms with van der Waals surface area (Å²) in [5, 5.41) is 0. The van der Waals surface area contributed by atoms with Crippen molar-refractivity contribution < 1.29 is 18.7 Å². The third-order valence-electron chi connectivity index (χ3n) is 5.61. The summed E-state index contributed by atoms with van der Waals surface area (Å²) in [5.41, 5.74) is 0.994. The first kappa shape index (κ1) is 18.5. The molecule has 6 heteroatoms. The summed E-state index contributed by atoms with van der Waals surface area (Å²) in [7, 11) is 0. The highest BCUT2D eigenvalue weighted by molar-refractivity contribution is 5.98. The van der Waals surface area contributed by atoms with Crippen LogP contribution in [0.2, 0.25) is 0 Å². The van der Waals surface area contributed by atoms with Gasteiger partial charge in [-0.3, -0.25) is 9.59 Å². The number of fused-ring (bicyclic) bond motifs is 1. The second-order valence-corrected chi connectivity index (χ2v) is 7.37. The second-order valence-electron chi connectivity index (χ2n) is 7.37. The van der Waals surface area contributed by atoms with Gasteiger partial charge in [-0.2, -0.15) is 0 Å². The summed E-state index contributed by atoms with van der Waals surface area (Å²) < 4.78 is 19.3. The molecule has 146 valence electrons. The summed E-state index contributed by atoms with van der Waals surface area (Å²) in [4.78, 5) is 29.1. The Labute approximate surface area is 163 Å². The van der Waals surface area contributed by atoms with Gasteiger partial charge >= 0.3 is 0 Å². The third kappa shape index (κ3) is 3.46. The molecule has 0 aliphatic carbocycles. The normalized spacial score (nSPS) is 21.6. The molecule has 2 aliphatic heterocycles. The molecule has 2 saturated heterocycles. The predicted octanol–water partition coefficient (Wildman–Crippen LogP) is 3.24. The molecule has 5 nitrogen and oxygen atoms in total. The van der Waals surface area contributed by atoms with Crippen molar-refractivity contribution in [2.45, 2.75) is 38.5 Å². The lowest BCUT2D eigenvalue weighted by molar-refractivity contribution is -0.141. The number of nitrogens with zero attached hydrogens (tertiary/aromatic N) is 2. The van der Waals surface area contributed by atoms with E-state index in [-0.39, 0.29) is 30.3 Å². The zero-order valence-electron chi connectivity index (χ0n) is 15.8. The first-order chi connectivity index (χ1) is 13.5. The van der Waals surface area contributed by atoms with Gasteiger partial charge in [-0.1, -0.05) is 18.2 Å². The van der Waals surface area contributed by atoms with Gasteiger partial charge < -0.3 is 14.5 Å². The molecule has 2 aromatic rings. The molecule has 28 heavy (non-hydrogen) atoms. The molecule has 0 aromatic heterocycles. The van der Waals surface area contributed by atoms with Crippen LogP contribution in [0.4, 0.5) is 4.39 Å². The molecule has 0 radical (unpaired) electrons. The van der Waals surface area contributed by atoms with Gasteiger partial charge in [-0.25, -0.2) is 4.39 Å². The molecule has 2 atom stereocenters. The van der Waals surface area contributed by atoms with Crippen molar-refractivity contribution in [2.75, 3.05) is 13.1 Å². The van der Waals surface area contributed by atoms with Gasteiger partial charge in [0.25, 0.3) is 5.91 Å². The fraction of sp³-hybridized carbons (Fsp3) is 0.364. The monoisotopic (exact) mass is 382 g/mol. The maximum atomic E-state index is 13.7. The summed E-state index contributed by atoms with van der Waals surface area (Å²) in [5.74, 6) is 0.142. The molecule has 4 rings (SSSR count).